The van der Waals surface area contributed by atoms with E-state index in [1.54, 1.807) is 0 Å². The maximum atomic E-state index is 5.33. The summed E-state index contributed by atoms with van der Waals surface area (Å²) in [6.45, 7) is 10.7. The molecule has 95 valence electrons. The van der Waals surface area contributed by atoms with E-state index in [4.69, 9.17) is 4.74 Å². The molecule has 0 saturated carbocycles. The lowest BCUT2D eigenvalue weighted by atomic mass is 10.1. The summed E-state index contributed by atoms with van der Waals surface area (Å²) >= 11 is 0. The van der Waals surface area contributed by atoms with Gasteiger partial charge in [-0.1, -0.05) is 70.4 Å². The number of rotatable bonds is 12. The summed E-state index contributed by atoms with van der Waals surface area (Å²) < 4.78 is 5.33. The van der Waals surface area contributed by atoms with Gasteiger partial charge >= 0.3 is 0 Å². The van der Waals surface area contributed by atoms with E-state index in [2.05, 4.69) is 13.5 Å². The van der Waals surface area contributed by atoms with Crippen LogP contribution in [-0.2, 0) is 4.74 Å². The molecule has 0 unspecified atom stereocenters. The van der Waals surface area contributed by atoms with E-state index in [9.17, 15) is 0 Å². The van der Waals surface area contributed by atoms with Crippen molar-refractivity contribution in [2.75, 3.05) is 6.61 Å². The van der Waals surface area contributed by atoms with Crippen molar-refractivity contribution in [2.24, 2.45) is 0 Å². The Balaban J connectivity index is 2.90. The second-order valence-corrected chi connectivity index (χ2v) is 4.70. The zero-order valence-corrected chi connectivity index (χ0v) is 11.3. The van der Waals surface area contributed by atoms with Crippen molar-refractivity contribution >= 4 is 0 Å². The normalized spacial score (nSPS) is 10.6. The first-order valence-corrected chi connectivity index (χ1v) is 6.85. The summed E-state index contributed by atoms with van der Waals surface area (Å²) in [6.07, 6.45) is 12.1. The van der Waals surface area contributed by atoms with E-state index >= 15 is 0 Å². The van der Waals surface area contributed by atoms with Crippen molar-refractivity contribution in [3.05, 3.63) is 18.8 Å². The summed E-state index contributed by atoms with van der Waals surface area (Å²) in [4.78, 5) is 0. The van der Waals surface area contributed by atoms with Crippen molar-refractivity contribution in [1.29, 1.82) is 0 Å². The monoisotopic (exact) mass is 225 g/mol. The summed E-state index contributed by atoms with van der Waals surface area (Å²) in [5.74, 6) is 0. The van der Waals surface area contributed by atoms with Crippen LogP contribution in [0.25, 0.3) is 0 Å². The van der Waals surface area contributed by atoms with Gasteiger partial charge < -0.3 is 4.74 Å². The first-order chi connectivity index (χ1) is 7.77. The molecule has 0 bridgehead atoms. The molecule has 1 radical (unpaired) electrons. The number of hydrogen-bond donors (Lipinski definition) is 0. The van der Waals surface area contributed by atoms with Gasteiger partial charge in [-0.25, -0.2) is 0 Å². The van der Waals surface area contributed by atoms with E-state index in [0.717, 1.165) is 12.0 Å². The predicted molar refractivity (Wildman–Crippen MR) is 72.3 cm³/mol. The number of ether oxygens (including phenoxy) is 1. The number of unbranched alkanes of at least 4 members (excludes halogenated alkanes) is 8. The van der Waals surface area contributed by atoms with E-state index in [1.807, 2.05) is 13.5 Å². The molecule has 0 heterocycles. The lowest BCUT2D eigenvalue weighted by Crippen LogP contribution is -1.92. The predicted octanol–water partition coefficient (Wildman–Crippen LogP) is 5.27. The first kappa shape index (κ1) is 15.7. The van der Waals surface area contributed by atoms with E-state index in [0.29, 0.717) is 6.61 Å². The molecule has 0 aliphatic heterocycles. The lowest BCUT2D eigenvalue weighted by Gasteiger charge is -2.03. The van der Waals surface area contributed by atoms with E-state index < -0.39 is 0 Å². The summed E-state index contributed by atoms with van der Waals surface area (Å²) in [7, 11) is 0. The highest BCUT2D eigenvalue weighted by Crippen LogP contribution is 2.10. The Kier molecular flexibility index (Phi) is 12.5. The Bertz CT molecular complexity index is 152. The minimum absolute atomic E-state index is 0.678. The van der Waals surface area contributed by atoms with Crippen molar-refractivity contribution in [1.82, 2.24) is 0 Å². The second-order valence-electron chi connectivity index (χ2n) is 4.70. The minimum Gasteiger partial charge on any atom is -0.371 e. The van der Waals surface area contributed by atoms with Crippen molar-refractivity contribution in [3.8, 4) is 0 Å². The third-order valence-corrected chi connectivity index (χ3v) is 2.62. The average molecular weight is 225 g/mol. The topological polar surface area (TPSA) is 9.23 Å². The third-order valence-electron chi connectivity index (χ3n) is 2.62. The van der Waals surface area contributed by atoms with Crippen LogP contribution in [0.2, 0.25) is 0 Å². The van der Waals surface area contributed by atoms with Gasteiger partial charge in [0.25, 0.3) is 0 Å². The fraction of sp³-hybridized carbons (Fsp3) is 0.800. The van der Waals surface area contributed by atoms with Crippen LogP contribution in [-0.4, -0.2) is 6.61 Å². The molecule has 0 aliphatic carbocycles. The van der Waals surface area contributed by atoms with Gasteiger partial charge in [0.2, 0.25) is 0 Å². The van der Waals surface area contributed by atoms with Gasteiger partial charge in [-0.05, 0) is 13.3 Å². The van der Waals surface area contributed by atoms with Crippen LogP contribution in [0.1, 0.15) is 71.6 Å². The van der Waals surface area contributed by atoms with Crippen molar-refractivity contribution in [2.45, 2.75) is 71.6 Å². The molecule has 0 atom stereocenters. The van der Waals surface area contributed by atoms with Gasteiger partial charge in [0.1, 0.15) is 0 Å². The van der Waals surface area contributed by atoms with Crippen LogP contribution in [0.5, 0.6) is 0 Å². The molecular formula is C15H29O. The highest BCUT2D eigenvalue weighted by Gasteiger charge is 1.93. The maximum absolute atomic E-state index is 5.33. The number of hydrogen-bond acceptors (Lipinski definition) is 1. The van der Waals surface area contributed by atoms with Gasteiger partial charge in [0.15, 0.2) is 0 Å². The van der Waals surface area contributed by atoms with Gasteiger partial charge in [0.05, 0.1) is 13.2 Å². The maximum Gasteiger partial charge on any atom is 0.0841 e. The molecule has 1 heteroatoms. The van der Waals surface area contributed by atoms with Gasteiger partial charge in [-0.3, -0.25) is 0 Å². The quantitative estimate of drug-likeness (QED) is 0.325. The van der Waals surface area contributed by atoms with Crippen LogP contribution in [0.15, 0.2) is 12.2 Å². The highest BCUT2D eigenvalue weighted by atomic mass is 16.5. The SMILES string of the molecule is C=C(C)CO[CH]CCCCCCCCCC. The molecule has 0 spiro atoms. The van der Waals surface area contributed by atoms with Crippen molar-refractivity contribution < 1.29 is 4.74 Å². The largest absolute Gasteiger partial charge is 0.371 e. The molecule has 0 rings (SSSR count). The summed E-state index contributed by atoms with van der Waals surface area (Å²) in [6, 6.07) is 0. The molecular weight excluding hydrogens is 196 g/mol. The van der Waals surface area contributed by atoms with Crippen LogP contribution < -0.4 is 0 Å². The average Bonchev–Trinajstić information content (AvgIpc) is 2.25. The van der Waals surface area contributed by atoms with E-state index in [-0.39, 0.29) is 0 Å². The zero-order chi connectivity index (χ0) is 12.1. The smallest absolute Gasteiger partial charge is 0.0841 e. The van der Waals surface area contributed by atoms with E-state index in [1.165, 1.54) is 51.4 Å². The Labute approximate surface area is 102 Å². The molecule has 0 fully saturated rings. The van der Waals surface area contributed by atoms with Crippen LogP contribution in [0, 0.1) is 6.61 Å². The molecule has 0 aromatic heterocycles. The molecule has 1 nitrogen and oxygen atoms in total. The Hall–Kier alpha value is -0.300. The molecule has 0 N–H and O–H groups in total. The lowest BCUT2D eigenvalue weighted by molar-refractivity contribution is 0.215. The fourth-order valence-electron chi connectivity index (χ4n) is 1.65. The summed E-state index contributed by atoms with van der Waals surface area (Å²) in [5, 5.41) is 0. The minimum atomic E-state index is 0.678. The van der Waals surface area contributed by atoms with Crippen molar-refractivity contribution in [3.63, 3.8) is 0 Å². The molecule has 0 amide bonds. The molecule has 0 aliphatic rings. The van der Waals surface area contributed by atoms with Crippen LogP contribution >= 0.6 is 0 Å². The molecule has 16 heavy (non-hydrogen) atoms. The Morgan fingerprint density at radius 1 is 1.00 bits per heavy atom. The fourth-order valence-corrected chi connectivity index (χ4v) is 1.65. The zero-order valence-electron chi connectivity index (χ0n) is 11.3. The molecule has 0 aromatic carbocycles. The van der Waals surface area contributed by atoms with Crippen LogP contribution in [0.4, 0.5) is 0 Å². The Morgan fingerprint density at radius 3 is 2.12 bits per heavy atom. The highest BCUT2D eigenvalue weighted by molar-refractivity contribution is 4.87. The third kappa shape index (κ3) is 13.7. The summed E-state index contributed by atoms with van der Waals surface area (Å²) in [5.41, 5.74) is 1.09. The van der Waals surface area contributed by atoms with Gasteiger partial charge in [-0.15, -0.1) is 0 Å². The van der Waals surface area contributed by atoms with Gasteiger partial charge in [0, 0.05) is 0 Å². The second kappa shape index (κ2) is 12.8. The van der Waals surface area contributed by atoms with Crippen LogP contribution in [0.3, 0.4) is 0 Å². The van der Waals surface area contributed by atoms with Gasteiger partial charge in [-0.2, -0.15) is 0 Å². The standard InChI is InChI=1S/C15H29O/c1-4-5-6-7-8-9-10-11-12-13-16-14-15(2)3/h13H,2,4-12,14H2,1,3H3. The molecule has 0 saturated heterocycles. The first-order valence-electron chi connectivity index (χ1n) is 6.85. The molecule has 0 aromatic rings. The Morgan fingerprint density at radius 2 is 1.56 bits per heavy atom.